The quantitative estimate of drug-likeness (QED) is 0.515. The maximum Gasteiger partial charge on any atom is 0.171 e. The molecule has 0 aliphatic rings. The summed E-state index contributed by atoms with van der Waals surface area (Å²) in [5.41, 5.74) is 0.486. The summed E-state index contributed by atoms with van der Waals surface area (Å²) in [4.78, 5) is 10.9. The first-order chi connectivity index (χ1) is 8.33. The lowest BCUT2D eigenvalue weighted by atomic mass is 10.2. The number of carbonyl (C=O) groups excluding carboxylic acids is 1. The van der Waals surface area contributed by atoms with Crippen LogP contribution in [0, 0.1) is 0 Å². The molecule has 1 aromatic carbocycles. The van der Waals surface area contributed by atoms with Gasteiger partial charge in [-0.3, -0.25) is 4.79 Å². The van der Waals surface area contributed by atoms with Crippen molar-refractivity contribution < 1.29 is 19.0 Å². The summed E-state index contributed by atoms with van der Waals surface area (Å²) in [6, 6.07) is 5.20. The molecule has 0 bridgehead atoms. The summed E-state index contributed by atoms with van der Waals surface area (Å²) in [6.07, 6.45) is 1.74. The predicted molar refractivity (Wildman–Crippen MR) is 65.0 cm³/mol. The van der Waals surface area contributed by atoms with Gasteiger partial charge in [0.15, 0.2) is 17.8 Å². The molecule has 1 aromatic rings. The first kappa shape index (κ1) is 13.5. The zero-order valence-electron chi connectivity index (χ0n) is 10.3. The van der Waals surface area contributed by atoms with Crippen LogP contribution in [0.2, 0.25) is 0 Å². The molecule has 4 nitrogen and oxygen atoms in total. The molecular formula is C13H18O4. The van der Waals surface area contributed by atoms with Crippen LogP contribution in [0.4, 0.5) is 0 Å². The number of benzene rings is 1. The second-order valence-corrected chi connectivity index (χ2v) is 3.46. The third kappa shape index (κ3) is 4.07. The van der Waals surface area contributed by atoms with Crippen molar-refractivity contribution >= 4 is 6.29 Å². The van der Waals surface area contributed by atoms with Gasteiger partial charge in [-0.1, -0.05) is 13.0 Å². The van der Waals surface area contributed by atoms with Crippen LogP contribution in [0.25, 0.3) is 0 Å². The topological polar surface area (TPSA) is 44.8 Å². The zero-order chi connectivity index (χ0) is 12.5. The van der Waals surface area contributed by atoms with Gasteiger partial charge in [0.25, 0.3) is 0 Å². The maximum absolute atomic E-state index is 10.9. The van der Waals surface area contributed by atoms with Gasteiger partial charge >= 0.3 is 0 Å². The monoisotopic (exact) mass is 238 g/mol. The molecule has 0 aliphatic carbocycles. The fraction of sp³-hybridized carbons (Fsp3) is 0.462. The molecular weight excluding hydrogens is 220 g/mol. The van der Waals surface area contributed by atoms with Crippen molar-refractivity contribution in [3.8, 4) is 11.5 Å². The third-order valence-electron chi connectivity index (χ3n) is 2.18. The van der Waals surface area contributed by atoms with Crippen LogP contribution in [0.15, 0.2) is 18.2 Å². The molecule has 0 spiro atoms. The molecule has 0 amide bonds. The van der Waals surface area contributed by atoms with E-state index in [0.29, 0.717) is 30.3 Å². The fourth-order valence-electron chi connectivity index (χ4n) is 1.39. The van der Waals surface area contributed by atoms with Gasteiger partial charge in [0, 0.05) is 6.61 Å². The molecule has 17 heavy (non-hydrogen) atoms. The molecule has 0 aliphatic heterocycles. The van der Waals surface area contributed by atoms with Crippen molar-refractivity contribution in [2.75, 3.05) is 26.9 Å². The van der Waals surface area contributed by atoms with E-state index in [-0.39, 0.29) is 0 Å². The third-order valence-corrected chi connectivity index (χ3v) is 2.18. The Bertz CT molecular complexity index is 349. The van der Waals surface area contributed by atoms with E-state index in [0.717, 1.165) is 19.3 Å². The van der Waals surface area contributed by atoms with Crippen LogP contribution in [-0.2, 0) is 4.74 Å². The largest absolute Gasteiger partial charge is 0.493 e. The molecule has 0 fully saturated rings. The molecule has 0 saturated carbocycles. The second kappa shape index (κ2) is 7.68. The van der Waals surface area contributed by atoms with E-state index in [1.807, 2.05) is 6.92 Å². The number of carbonyl (C=O) groups is 1. The lowest BCUT2D eigenvalue weighted by Gasteiger charge is -2.12. The summed E-state index contributed by atoms with van der Waals surface area (Å²) in [5.74, 6) is 1.04. The van der Waals surface area contributed by atoms with Crippen molar-refractivity contribution in [2.24, 2.45) is 0 Å². The Balaban J connectivity index is 2.58. The van der Waals surface area contributed by atoms with Crippen LogP contribution in [0.1, 0.15) is 23.7 Å². The maximum atomic E-state index is 10.9. The standard InChI is InChI=1S/C13H18O4/c1-3-7-16-8-9-17-13-11(10-14)5-4-6-12(13)15-2/h4-6,10H,3,7-9H2,1-2H3. The Morgan fingerprint density at radius 1 is 1.24 bits per heavy atom. The predicted octanol–water partition coefficient (Wildman–Crippen LogP) is 2.31. The average molecular weight is 238 g/mol. The Kier molecular flexibility index (Phi) is 6.10. The van der Waals surface area contributed by atoms with Gasteiger partial charge in [0.2, 0.25) is 0 Å². The van der Waals surface area contributed by atoms with E-state index in [9.17, 15) is 4.79 Å². The minimum atomic E-state index is 0.404. The Labute approximate surface area is 101 Å². The van der Waals surface area contributed by atoms with E-state index >= 15 is 0 Å². The van der Waals surface area contributed by atoms with E-state index in [1.54, 1.807) is 25.3 Å². The van der Waals surface area contributed by atoms with Crippen LogP contribution in [-0.4, -0.2) is 33.2 Å². The summed E-state index contributed by atoms with van der Waals surface area (Å²) in [7, 11) is 1.55. The SMILES string of the molecule is CCCOCCOc1c(C=O)cccc1OC. The van der Waals surface area contributed by atoms with E-state index in [4.69, 9.17) is 14.2 Å². The Morgan fingerprint density at radius 2 is 2.06 bits per heavy atom. The normalized spacial score (nSPS) is 10.0. The zero-order valence-corrected chi connectivity index (χ0v) is 10.3. The first-order valence-electron chi connectivity index (χ1n) is 5.66. The Hall–Kier alpha value is -1.55. The highest BCUT2D eigenvalue weighted by Gasteiger charge is 2.09. The summed E-state index contributed by atoms with van der Waals surface area (Å²) in [5, 5.41) is 0. The molecule has 94 valence electrons. The molecule has 0 unspecified atom stereocenters. The number of ether oxygens (including phenoxy) is 3. The second-order valence-electron chi connectivity index (χ2n) is 3.46. The summed E-state index contributed by atoms with van der Waals surface area (Å²) in [6.45, 7) is 3.67. The number of rotatable bonds is 8. The molecule has 4 heteroatoms. The van der Waals surface area contributed by atoms with Crippen molar-refractivity contribution in [3.63, 3.8) is 0 Å². The number of para-hydroxylation sites is 1. The van der Waals surface area contributed by atoms with Gasteiger partial charge in [0.05, 0.1) is 19.3 Å². The smallest absolute Gasteiger partial charge is 0.171 e. The first-order valence-corrected chi connectivity index (χ1v) is 5.66. The van der Waals surface area contributed by atoms with Crippen LogP contribution in [0.5, 0.6) is 11.5 Å². The Morgan fingerprint density at radius 3 is 2.71 bits per heavy atom. The minimum Gasteiger partial charge on any atom is -0.493 e. The number of hydrogen-bond donors (Lipinski definition) is 0. The van der Waals surface area contributed by atoms with Crippen molar-refractivity contribution in [1.82, 2.24) is 0 Å². The molecule has 0 radical (unpaired) electrons. The summed E-state index contributed by atoms with van der Waals surface area (Å²) >= 11 is 0. The van der Waals surface area contributed by atoms with Crippen LogP contribution in [0.3, 0.4) is 0 Å². The number of hydrogen-bond acceptors (Lipinski definition) is 4. The van der Waals surface area contributed by atoms with E-state index in [1.165, 1.54) is 0 Å². The highest BCUT2D eigenvalue weighted by molar-refractivity contribution is 5.81. The van der Waals surface area contributed by atoms with Gasteiger partial charge in [-0.05, 0) is 18.6 Å². The molecule has 0 heterocycles. The fourth-order valence-corrected chi connectivity index (χ4v) is 1.39. The molecule has 0 saturated heterocycles. The average Bonchev–Trinajstić information content (AvgIpc) is 2.38. The van der Waals surface area contributed by atoms with Crippen molar-refractivity contribution in [2.45, 2.75) is 13.3 Å². The lowest BCUT2D eigenvalue weighted by Crippen LogP contribution is -2.09. The van der Waals surface area contributed by atoms with E-state index in [2.05, 4.69) is 0 Å². The van der Waals surface area contributed by atoms with Crippen LogP contribution >= 0.6 is 0 Å². The molecule has 0 aromatic heterocycles. The van der Waals surface area contributed by atoms with Gasteiger partial charge < -0.3 is 14.2 Å². The molecule has 1 rings (SSSR count). The van der Waals surface area contributed by atoms with Crippen molar-refractivity contribution in [3.05, 3.63) is 23.8 Å². The number of methoxy groups -OCH3 is 1. The summed E-state index contributed by atoms with van der Waals surface area (Å²) < 4.78 is 16.0. The molecule has 0 atom stereocenters. The van der Waals surface area contributed by atoms with Gasteiger partial charge in [-0.25, -0.2) is 0 Å². The van der Waals surface area contributed by atoms with Crippen molar-refractivity contribution in [1.29, 1.82) is 0 Å². The highest BCUT2D eigenvalue weighted by atomic mass is 16.5. The van der Waals surface area contributed by atoms with Gasteiger partial charge in [0.1, 0.15) is 6.61 Å². The lowest BCUT2D eigenvalue weighted by molar-refractivity contribution is 0.0981. The highest BCUT2D eigenvalue weighted by Crippen LogP contribution is 2.29. The number of aldehydes is 1. The minimum absolute atomic E-state index is 0.404. The van der Waals surface area contributed by atoms with Gasteiger partial charge in [-0.2, -0.15) is 0 Å². The van der Waals surface area contributed by atoms with E-state index < -0.39 is 0 Å². The van der Waals surface area contributed by atoms with Gasteiger partial charge in [-0.15, -0.1) is 0 Å². The van der Waals surface area contributed by atoms with Crippen LogP contribution < -0.4 is 9.47 Å². The molecule has 0 N–H and O–H groups in total.